The summed E-state index contributed by atoms with van der Waals surface area (Å²) in [7, 11) is -3.51. The molecule has 1 rings (SSSR count). The molecule has 0 saturated heterocycles. The van der Waals surface area contributed by atoms with Crippen molar-refractivity contribution >= 4 is 21.7 Å². The maximum Gasteiger partial charge on any atom is 0.306 e. The molecule has 4 nitrogen and oxygen atoms in total. The summed E-state index contributed by atoms with van der Waals surface area (Å²) < 4.78 is 26.0. The Balaban J connectivity index is 2.99. The number of pyridine rings is 1. The van der Waals surface area contributed by atoms with Crippen LogP contribution < -0.4 is 4.18 Å². The van der Waals surface area contributed by atoms with Gasteiger partial charge in [-0.3, -0.25) is 4.98 Å². The fraction of sp³-hybridized carbons (Fsp3) is 0.286. The van der Waals surface area contributed by atoms with Crippen LogP contribution in [-0.4, -0.2) is 19.7 Å². The summed E-state index contributed by atoms with van der Waals surface area (Å²) in [5, 5.41) is 0.376. The fourth-order valence-corrected chi connectivity index (χ4v) is 1.31. The highest BCUT2D eigenvalue weighted by Gasteiger charge is 2.06. The van der Waals surface area contributed by atoms with E-state index in [9.17, 15) is 8.42 Å². The lowest BCUT2D eigenvalue weighted by molar-refractivity contribution is 0.491. The third-order valence-electron chi connectivity index (χ3n) is 1.25. The lowest BCUT2D eigenvalue weighted by atomic mass is 10.4. The van der Waals surface area contributed by atoms with E-state index >= 15 is 0 Å². The molecule has 0 aliphatic heterocycles. The van der Waals surface area contributed by atoms with Gasteiger partial charge >= 0.3 is 10.1 Å². The minimum atomic E-state index is -3.51. The summed E-state index contributed by atoms with van der Waals surface area (Å²) in [6.45, 7) is 1.71. The third-order valence-corrected chi connectivity index (χ3v) is 2.13. The van der Waals surface area contributed by atoms with Gasteiger partial charge in [-0.1, -0.05) is 11.6 Å². The van der Waals surface area contributed by atoms with Crippen LogP contribution in [0.1, 0.15) is 5.69 Å². The Morgan fingerprint density at radius 3 is 2.62 bits per heavy atom. The lowest BCUT2D eigenvalue weighted by Gasteiger charge is -2.03. The van der Waals surface area contributed by atoms with E-state index in [4.69, 9.17) is 11.6 Å². The van der Waals surface area contributed by atoms with Crippen LogP contribution in [0.2, 0.25) is 5.02 Å². The van der Waals surface area contributed by atoms with Crippen molar-refractivity contribution in [3.8, 4) is 5.75 Å². The van der Waals surface area contributed by atoms with Gasteiger partial charge in [0, 0.05) is 6.07 Å². The normalized spacial score (nSPS) is 11.3. The molecule has 1 aromatic rings. The van der Waals surface area contributed by atoms with Crippen molar-refractivity contribution in [2.75, 3.05) is 6.26 Å². The molecule has 1 heterocycles. The van der Waals surface area contributed by atoms with Crippen LogP contribution in [0, 0.1) is 6.92 Å². The summed E-state index contributed by atoms with van der Waals surface area (Å²) in [5.74, 6) is 0.123. The second-order valence-electron chi connectivity index (χ2n) is 2.53. The van der Waals surface area contributed by atoms with Crippen molar-refractivity contribution in [2.24, 2.45) is 0 Å². The minimum absolute atomic E-state index is 0.123. The summed E-state index contributed by atoms with van der Waals surface area (Å²) in [6, 6.07) is 1.41. The highest BCUT2D eigenvalue weighted by molar-refractivity contribution is 7.86. The zero-order chi connectivity index (χ0) is 10.1. The number of aromatic nitrogens is 1. The molecular weight excluding hydrogens is 214 g/mol. The first-order valence-electron chi connectivity index (χ1n) is 3.40. The lowest BCUT2D eigenvalue weighted by Crippen LogP contribution is -2.06. The number of rotatable bonds is 2. The molecule has 0 aliphatic carbocycles. The van der Waals surface area contributed by atoms with Crippen molar-refractivity contribution in [3.63, 3.8) is 0 Å². The average molecular weight is 222 g/mol. The Hall–Kier alpha value is -0.810. The Bertz CT molecular complexity index is 416. The van der Waals surface area contributed by atoms with Gasteiger partial charge in [-0.15, -0.1) is 0 Å². The topological polar surface area (TPSA) is 56.3 Å². The van der Waals surface area contributed by atoms with Gasteiger partial charge in [-0.25, -0.2) is 0 Å². The summed E-state index contributed by atoms with van der Waals surface area (Å²) in [6.07, 6.45) is 2.27. The molecule has 0 saturated carbocycles. The monoisotopic (exact) mass is 221 g/mol. The zero-order valence-electron chi connectivity index (χ0n) is 7.11. The molecule has 1 aromatic heterocycles. The predicted octanol–water partition coefficient (Wildman–Crippen LogP) is 1.38. The van der Waals surface area contributed by atoms with E-state index in [0.717, 1.165) is 6.26 Å². The van der Waals surface area contributed by atoms with E-state index in [1.165, 1.54) is 12.3 Å². The van der Waals surface area contributed by atoms with Gasteiger partial charge < -0.3 is 4.18 Å². The third kappa shape index (κ3) is 3.20. The van der Waals surface area contributed by atoms with E-state index in [-0.39, 0.29) is 5.75 Å². The summed E-state index contributed by atoms with van der Waals surface area (Å²) in [5.41, 5.74) is 0.627. The molecule has 0 unspecified atom stereocenters. The molecule has 0 fully saturated rings. The Kier molecular flexibility index (Phi) is 2.77. The van der Waals surface area contributed by atoms with Crippen LogP contribution in [0.3, 0.4) is 0 Å². The highest BCUT2D eigenvalue weighted by Crippen LogP contribution is 2.19. The molecule has 0 aromatic carbocycles. The first kappa shape index (κ1) is 10.3. The molecule has 0 atom stereocenters. The molecular formula is C7H8ClNO3S. The highest BCUT2D eigenvalue weighted by atomic mass is 35.5. The molecule has 0 aliphatic rings. The first-order chi connectivity index (χ1) is 5.88. The molecule has 0 spiro atoms. The van der Waals surface area contributed by atoms with Crippen LogP contribution in [-0.2, 0) is 10.1 Å². The number of nitrogens with zero attached hydrogens (tertiary/aromatic N) is 1. The van der Waals surface area contributed by atoms with E-state index < -0.39 is 10.1 Å². The van der Waals surface area contributed by atoms with Crippen molar-refractivity contribution in [1.82, 2.24) is 4.98 Å². The average Bonchev–Trinajstić information content (AvgIpc) is 1.94. The second kappa shape index (κ2) is 3.51. The van der Waals surface area contributed by atoms with Crippen molar-refractivity contribution in [3.05, 3.63) is 23.0 Å². The van der Waals surface area contributed by atoms with E-state index in [1.54, 1.807) is 6.92 Å². The first-order valence-corrected chi connectivity index (χ1v) is 5.59. The minimum Gasteiger partial charge on any atom is -0.381 e. The molecule has 0 N–H and O–H groups in total. The molecule has 72 valence electrons. The Morgan fingerprint density at radius 2 is 2.15 bits per heavy atom. The van der Waals surface area contributed by atoms with Gasteiger partial charge in [0.2, 0.25) is 0 Å². The number of hydrogen-bond acceptors (Lipinski definition) is 4. The van der Waals surface area contributed by atoms with Crippen LogP contribution in [0.15, 0.2) is 12.3 Å². The zero-order valence-corrected chi connectivity index (χ0v) is 8.69. The summed E-state index contributed by atoms with van der Waals surface area (Å²) in [4.78, 5) is 3.84. The Labute approximate surface area is 81.6 Å². The summed E-state index contributed by atoms with van der Waals surface area (Å²) >= 11 is 5.71. The van der Waals surface area contributed by atoms with Crippen molar-refractivity contribution in [1.29, 1.82) is 0 Å². The standard InChI is InChI=1S/C7H8ClNO3S/c1-5-7(8)3-6(4-9-5)12-13(2,10)11/h3-4H,1-2H3. The van der Waals surface area contributed by atoms with Gasteiger partial charge in [0.05, 0.1) is 23.2 Å². The van der Waals surface area contributed by atoms with Gasteiger partial charge in [0.1, 0.15) is 0 Å². The van der Waals surface area contributed by atoms with Crippen molar-refractivity contribution < 1.29 is 12.6 Å². The molecule has 0 amide bonds. The van der Waals surface area contributed by atoms with Crippen LogP contribution >= 0.6 is 11.6 Å². The van der Waals surface area contributed by atoms with E-state index in [2.05, 4.69) is 9.17 Å². The smallest absolute Gasteiger partial charge is 0.306 e. The predicted molar refractivity (Wildman–Crippen MR) is 49.5 cm³/mol. The van der Waals surface area contributed by atoms with Gasteiger partial charge in [0.15, 0.2) is 5.75 Å². The molecule has 6 heteroatoms. The van der Waals surface area contributed by atoms with Crippen LogP contribution in [0.25, 0.3) is 0 Å². The Morgan fingerprint density at radius 1 is 1.54 bits per heavy atom. The number of halogens is 1. The van der Waals surface area contributed by atoms with Gasteiger partial charge in [-0.2, -0.15) is 8.42 Å². The maximum atomic E-state index is 10.7. The fourth-order valence-electron chi connectivity index (χ4n) is 0.709. The number of hydrogen-bond donors (Lipinski definition) is 0. The maximum absolute atomic E-state index is 10.7. The second-order valence-corrected chi connectivity index (χ2v) is 4.51. The molecule has 0 bridgehead atoms. The van der Waals surface area contributed by atoms with E-state index in [1.807, 2.05) is 0 Å². The quantitative estimate of drug-likeness (QED) is 0.708. The van der Waals surface area contributed by atoms with Crippen molar-refractivity contribution in [2.45, 2.75) is 6.92 Å². The van der Waals surface area contributed by atoms with Crippen LogP contribution in [0.5, 0.6) is 5.75 Å². The largest absolute Gasteiger partial charge is 0.381 e. The van der Waals surface area contributed by atoms with Gasteiger partial charge in [-0.05, 0) is 6.92 Å². The number of aryl methyl sites for hydroxylation is 1. The molecule has 0 radical (unpaired) electrons. The van der Waals surface area contributed by atoms with Crippen LogP contribution in [0.4, 0.5) is 0 Å². The molecule has 13 heavy (non-hydrogen) atoms. The van der Waals surface area contributed by atoms with E-state index in [0.29, 0.717) is 10.7 Å². The van der Waals surface area contributed by atoms with Gasteiger partial charge in [0.25, 0.3) is 0 Å². The SMILES string of the molecule is Cc1ncc(OS(C)(=O)=O)cc1Cl.